The standard InChI is InChI=1S/C20H25BrN2O7S2/c21-18-9-8-17(31-18)20(25)22-10-13-30-15-4-6-16(7-5-15)32(27,28)14-2-12-29-11-1-3-19(24)23-26/h4-9,26H,1-3,10-14H2,(H,22,25)(H,23,24). The van der Waals surface area contributed by atoms with Crippen molar-refractivity contribution in [2.45, 2.75) is 24.2 Å². The molecule has 1 aromatic carbocycles. The van der Waals surface area contributed by atoms with Gasteiger partial charge >= 0.3 is 0 Å². The van der Waals surface area contributed by atoms with Gasteiger partial charge in [0.15, 0.2) is 9.84 Å². The number of hydroxylamine groups is 1. The second kappa shape index (κ2) is 13.5. The van der Waals surface area contributed by atoms with Crippen LogP contribution in [0.3, 0.4) is 0 Å². The van der Waals surface area contributed by atoms with Crippen molar-refractivity contribution in [3.05, 3.63) is 45.1 Å². The molecule has 0 radical (unpaired) electrons. The van der Waals surface area contributed by atoms with Gasteiger partial charge in [-0.15, -0.1) is 11.3 Å². The summed E-state index contributed by atoms with van der Waals surface area (Å²) in [6.07, 6.45) is 0.908. The molecule has 0 aliphatic rings. The van der Waals surface area contributed by atoms with Gasteiger partial charge in [-0.2, -0.15) is 0 Å². The van der Waals surface area contributed by atoms with E-state index in [0.29, 0.717) is 36.6 Å². The van der Waals surface area contributed by atoms with Gasteiger partial charge in [0.05, 0.1) is 25.9 Å². The molecule has 2 aromatic rings. The maximum atomic E-state index is 12.4. The van der Waals surface area contributed by atoms with Gasteiger partial charge in [0.2, 0.25) is 5.91 Å². The minimum Gasteiger partial charge on any atom is -0.492 e. The number of nitrogens with one attached hydrogen (secondary N) is 2. The van der Waals surface area contributed by atoms with Gasteiger partial charge in [0.25, 0.3) is 5.91 Å². The third kappa shape index (κ3) is 9.25. The average molecular weight is 549 g/mol. The molecule has 0 fully saturated rings. The molecule has 0 bridgehead atoms. The van der Waals surface area contributed by atoms with Crippen LogP contribution in [0.4, 0.5) is 0 Å². The minimum atomic E-state index is -3.44. The first-order valence-corrected chi connectivity index (χ1v) is 13.1. The van der Waals surface area contributed by atoms with E-state index in [2.05, 4.69) is 21.2 Å². The summed E-state index contributed by atoms with van der Waals surface area (Å²) < 4.78 is 36.5. The molecule has 0 aliphatic carbocycles. The van der Waals surface area contributed by atoms with E-state index in [1.807, 2.05) is 0 Å². The van der Waals surface area contributed by atoms with Crippen LogP contribution in [0.15, 0.2) is 45.1 Å². The second-order valence-corrected chi connectivity index (χ2v) is 11.2. The Kier molecular flexibility index (Phi) is 11.1. The second-order valence-electron chi connectivity index (χ2n) is 6.60. The Labute approximate surface area is 199 Å². The number of carbonyl (C=O) groups is 2. The number of ether oxygens (including phenoxy) is 2. The molecule has 3 N–H and O–H groups in total. The van der Waals surface area contributed by atoms with Crippen LogP contribution in [-0.2, 0) is 19.4 Å². The molecule has 12 heteroatoms. The van der Waals surface area contributed by atoms with Gasteiger partial charge < -0.3 is 14.8 Å². The number of hydrogen-bond acceptors (Lipinski definition) is 8. The largest absolute Gasteiger partial charge is 0.492 e. The average Bonchev–Trinajstić information content (AvgIpc) is 3.22. The van der Waals surface area contributed by atoms with Gasteiger partial charge in [-0.25, -0.2) is 13.9 Å². The maximum Gasteiger partial charge on any atom is 0.261 e. The molecule has 0 unspecified atom stereocenters. The molecule has 0 aliphatic heterocycles. The van der Waals surface area contributed by atoms with Crippen LogP contribution in [0, 0.1) is 0 Å². The smallest absolute Gasteiger partial charge is 0.261 e. The van der Waals surface area contributed by atoms with E-state index < -0.39 is 15.7 Å². The fourth-order valence-corrected chi connectivity index (χ4v) is 5.15. The molecule has 176 valence electrons. The van der Waals surface area contributed by atoms with Crippen molar-refractivity contribution in [1.82, 2.24) is 10.8 Å². The summed E-state index contributed by atoms with van der Waals surface area (Å²) in [6, 6.07) is 9.67. The molecule has 1 aromatic heterocycles. The monoisotopic (exact) mass is 548 g/mol. The molecule has 1 heterocycles. The van der Waals surface area contributed by atoms with E-state index in [1.165, 1.54) is 28.9 Å². The summed E-state index contributed by atoms with van der Waals surface area (Å²) in [5.41, 5.74) is 1.53. The van der Waals surface area contributed by atoms with Crippen molar-refractivity contribution in [3.8, 4) is 5.75 Å². The van der Waals surface area contributed by atoms with E-state index in [0.717, 1.165) is 3.79 Å². The fraction of sp³-hybridized carbons (Fsp3) is 0.400. The lowest BCUT2D eigenvalue weighted by molar-refractivity contribution is -0.129. The summed E-state index contributed by atoms with van der Waals surface area (Å²) in [4.78, 5) is 23.6. The summed E-state index contributed by atoms with van der Waals surface area (Å²) in [7, 11) is -3.44. The molecule has 9 nitrogen and oxygen atoms in total. The number of carbonyl (C=O) groups excluding carboxylic acids is 2. The fourth-order valence-electron chi connectivity index (χ4n) is 2.56. The zero-order valence-electron chi connectivity index (χ0n) is 17.2. The highest BCUT2D eigenvalue weighted by Crippen LogP contribution is 2.22. The van der Waals surface area contributed by atoms with Crippen molar-refractivity contribution in [2.24, 2.45) is 0 Å². The van der Waals surface area contributed by atoms with Crippen LogP contribution < -0.4 is 15.5 Å². The first-order valence-electron chi connectivity index (χ1n) is 9.81. The molecule has 0 atom stereocenters. The molecule has 0 spiro atoms. The molecule has 0 saturated carbocycles. The third-order valence-electron chi connectivity index (χ3n) is 4.16. The van der Waals surface area contributed by atoms with Crippen molar-refractivity contribution >= 4 is 48.9 Å². The number of amides is 2. The van der Waals surface area contributed by atoms with Crippen molar-refractivity contribution in [3.63, 3.8) is 0 Å². The van der Waals surface area contributed by atoms with E-state index in [4.69, 9.17) is 14.7 Å². The van der Waals surface area contributed by atoms with Gasteiger partial charge in [-0.1, -0.05) is 0 Å². The Balaban J connectivity index is 1.65. The van der Waals surface area contributed by atoms with Crippen LogP contribution in [0.2, 0.25) is 0 Å². The number of sulfone groups is 1. The predicted molar refractivity (Wildman–Crippen MR) is 123 cm³/mol. The van der Waals surface area contributed by atoms with Crippen LogP contribution >= 0.6 is 27.3 Å². The van der Waals surface area contributed by atoms with Crippen molar-refractivity contribution in [2.75, 3.05) is 32.1 Å². The predicted octanol–water partition coefficient (Wildman–Crippen LogP) is 2.79. The number of halogens is 1. The SMILES string of the molecule is O=C(CCCOCCCS(=O)(=O)c1ccc(OCCNC(=O)c2ccc(Br)s2)cc1)NO. The Morgan fingerprint density at radius 2 is 1.75 bits per heavy atom. The highest BCUT2D eigenvalue weighted by molar-refractivity contribution is 9.11. The first kappa shape index (κ1) is 26.3. The Hall–Kier alpha value is -1.99. The molecule has 0 saturated heterocycles. The summed E-state index contributed by atoms with van der Waals surface area (Å²) in [6.45, 7) is 1.14. The Morgan fingerprint density at radius 1 is 1.03 bits per heavy atom. The van der Waals surface area contributed by atoms with E-state index in [-0.39, 0.29) is 36.2 Å². The van der Waals surface area contributed by atoms with Crippen LogP contribution in [-0.4, -0.2) is 57.6 Å². The van der Waals surface area contributed by atoms with E-state index in [9.17, 15) is 18.0 Å². The Bertz CT molecular complexity index is 978. The van der Waals surface area contributed by atoms with E-state index in [1.54, 1.807) is 24.3 Å². The minimum absolute atomic E-state index is 0.0603. The lowest BCUT2D eigenvalue weighted by atomic mass is 10.3. The summed E-state index contributed by atoms with van der Waals surface area (Å²) in [5.74, 6) is -0.215. The third-order valence-corrected chi connectivity index (χ3v) is 7.59. The maximum absolute atomic E-state index is 12.4. The zero-order valence-corrected chi connectivity index (χ0v) is 20.4. The van der Waals surface area contributed by atoms with Crippen molar-refractivity contribution in [1.29, 1.82) is 0 Å². The molecular weight excluding hydrogens is 524 g/mol. The first-order chi connectivity index (χ1) is 15.3. The van der Waals surface area contributed by atoms with Gasteiger partial charge in [0, 0.05) is 19.6 Å². The van der Waals surface area contributed by atoms with Crippen molar-refractivity contribution < 1.29 is 32.7 Å². The van der Waals surface area contributed by atoms with Crippen LogP contribution in [0.25, 0.3) is 0 Å². The summed E-state index contributed by atoms with van der Waals surface area (Å²) >= 11 is 4.65. The lowest BCUT2D eigenvalue weighted by Crippen LogP contribution is -2.27. The van der Waals surface area contributed by atoms with E-state index >= 15 is 0 Å². The van der Waals surface area contributed by atoms with Gasteiger partial charge in [0.1, 0.15) is 12.4 Å². The zero-order chi connectivity index (χ0) is 23.4. The van der Waals surface area contributed by atoms with Crippen LogP contribution in [0.1, 0.15) is 28.9 Å². The topological polar surface area (TPSA) is 131 Å². The van der Waals surface area contributed by atoms with Crippen LogP contribution in [0.5, 0.6) is 5.75 Å². The number of hydrogen-bond donors (Lipinski definition) is 3. The normalized spacial score (nSPS) is 11.2. The molecule has 2 amide bonds. The highest BCUT2D eigenvalue weighted by Gasteiger charge is 2.14. The molecular formula is C20H25BrN2O7S2. The van der Waals surface area contributed by atoms with Gasteiger partial charge in [-0.05, 0) is 65.2 Å². The Morgan fingerprint density at radius 3 is 2.41 bits per heavy atom. The molecule has 32 heavy (non-hydrogen) atoms. The van der Waals surface area contributed by atoms with Gasteiger partial charge in [-0.3, -0.25) is 14.8 Å². The number of rotatable bonds is 14. The highest BCUT2D eigenvalue weighted by atomic mass is 79.9. The molecule has 2 rings (SSSR count). The quantitative estimate of drug-likeness (QED) is 0.188. The summed E-state index contributed by atoms with van der Waals surface area (Å²) in [5, 5.41) is 11.1. The lowest BCUT2D eigenvalue weighted by Gasteiger charge is -2.09. The number of benzene rings is 1. The number of thiophene rings is 1.